The molecule has 0 aliphatic carbocycles. The standard InChI is InChI=1S/C8H17NO2.C7H8O3S/c1-6(9)7(10)11-5-8(2,3)4;1-6-2-4-7(5-3-6)11(8,9)10/h6H,5,9H2,1-4H3;2-5H,1H3,(H,8,9,10)/t6-;/m0./s1. The molecule has 0 amide bonds. The molecule has 1 rings (SSSR count). The molecule has 0 bridgehead atoms. The highest BCUT2D eigenvalue weighted by atomic mass is 32.2. The predicted molar refractivity (Wildman–Crippen MR) is 85.1 cm³/mol. The molecule has 1 aromatic rings. The minimum Gasteiger partial charge on any atom is -0.464 e. The highest BCUT2D eigenvalue weighted by Crippen LogP contribution is 2.12. The third kappa shape index (κ3) is 9.49. The normalized spacial score (nSPS) is 12.9. The van der Waals surface area contributed by atoms with Crippen LogP contribution in [-0.4, -0.2) is 31.6 Å². The van der Waals surface area contributed by atoms with E-state index in [1.54, 1.807) is 19.1 Å². The molecule has 0 aromatic heterocycles. The van der Waals surface area contributed by atoms with Gasteiger partial charge in [0.25, 0.3) is 10.1 Å². The van der Waals surface area contributed by atoms with Gasteiger partial charge in [0, 0.05) is 0 Å². The third-order valence-electron chi connectivity index (χ3n) is 2.34. The molecule has 1 atom stereocenters. The Morgan fingerprint density at radius 1 is 1.27 bits per heavy atom. The zero-order valence-corrected chi connectivity index (χ0v) is 14.5. The Bertz CT molecular complexity index is 571. The summed E-state index contributed by atoms with van der Waals surface area (Å²) >= 11 is 0. The summed E-state index contributed by atoms with van der Waals surface area (Å²) < 4.78 is 34.5. The minimum absolute atomic E-state index is 0.0184. The van der Waals surface area contributed by atoms with Crippen LogP contribution in [0.4, 0.5) is 0 Å². The number of carbonyl (C=O) groups excluding carboxylic acids is 1. The summed E-state index contributed by atoms with van der Waals surface area (Å²) in [4.78, 5) is 10.8. The van der Waals surface area contributed by atoms with Crippen LogP contribution in [0.3, 0.4) is 0 Å². The van der Waals surface area contributed by atoms with Crippen molar-refractivity contribution in [3.8, 4) is 0 Å². The summed E-state index contributed by atoms with van der Waals surface area (Å²) in [5.74, 6) is -0.333. The Kier molecular flexibility index (Phi) is 7.72. The molecule has 3 N–H and O–H groups in total. The van der Waals surface area contributed by atoms with Crippen molar-refractivity contribution in [2.75, 3.05) is 6.61 Å². The molecule has 0 saturated heterocycles. The number of rotatable bonds is 3. The Hall–Kier alpha value is -1.44. The molecule has 1 aromatic carbocycles. The molecule has 6 nitrogen and oxygen atoms in total. The maximum absolute atomic E-state index is 10.8. The highest BCUT2D eigenvalue weighted by molar-refractivity contribution is 7.85. The SMILES string of the molecule is C[C@H](N)C(=O)OCC(C)(C)C.Cc1ccc(S(=O)(=O)O)cc1. The number of hydrogen-bond donors (Lipinski definition) is 2. The van der Waals surface area contributed by atoms with Crippen molar-refractivity contribution < 1.29 is 22.5 Å². The van der Waals surface area contributed by atoms with Crippen LogP contribution in [0.25, 0.3) is 0 Å². The summed E-state index contributed by atoms with van der Waals surface area (Å²) in [6, 6.07) is 5.47. The Labute approximate surface area is 132 Å². The molecule has 0 aliphatic heterocycles. The van der Waals surface area contributed by atoms with E-state index in [1.807, 2.05) is 27.7 Å². The van der Waals surface area contributed by atoms with E-state index in [9.17, 15) is 13.2 Å². The van der Waals surface area contributed by atoms with Gasteiger partial charge in [-0.05, 0) is 31.4 Å². The van der Waals surface area contributed by atoms with Crippen molar-refractivity contribution in [2.45, 2.75) is 45.6 Å². The largest absolute Gasteiger partial charge is 0.464 e. The maximum atomic E-state index is 10.8. The molecular weight excluding hydrogens is 306 g/mol. The lowest BCUT2D eigenvalue weighted by molar-refractivity contribution is -0.147. The number of carbonyl (C=O) groups is 1. The van der Waals surface area contributed by atoms with E-state index >= 15 is 0 Å². The number of ether oxygens (including phenoxy) is 1. The topological polar surface area (TPSA) is 107 Å². The van der Waals surface area contributed by atoms with E-state index in [0.717, 1.165) is 5.56 Å². The van der Waals surface area contributed by atoms with Crippen molar-refractivity contribution in [3.63, 3.8) is 0 Å². The van der Waals surface area contributed by atoms with Crippen LogP contribution < -0.4 is 5.73 Å². The Balaban J connectivity index is 0.000000401. The number of hydrogen-bond acceptors (Lipinski definition) is 5. The molecule has 0 heterocycles. The summed E-state index contributed by atoms with van der Waals surface area (Å²) in [7, 11) is -4.02. The van der Waals surface area contributed by atoms with Crippen LogP contribution in [0, 0.1) is 12.3 Å². The third-order valence-corrected chi connectivity index (χ3v) is 3.21. The number of esters is 1. The zero-order chi connectivity index (χ0) is 17.6. The Morgan fingerprint density at radius 2 is 1.73 bits per heavy atom. The van der Waals surface area contributed by atoms with E-state index in [2.05, 4.69) is 0 Å². The molecule has 0 saturated carbocycles. The lowest BCUT2D eigenvalue weighted by atomic mass is 9.99. The van der Waals surface area contributed by atoms with Crippen LogP contribution in [0.1, 0.15) is 33.3 Å². The van der Waals surface area contributed by atoms with Gasteiger partial charge >= 0.3 is 5.97 Å². The Morgan fingerprint density at radius 3 is 2.05 bits per heavy atom. The second kappa shape index (κ2) is 8.26. The molecular formula is C15H25NO5S. The van der Waals surface area contributed by atoms with Crippen LogP contribution in [0.2, 0.25) is 0 Å². The first-order chi connectivity index (χ1) is 9.83. The number of benzene rings is 1. The fraction of sp³-hybridized carbons (Fsp3) is 0.533. The van der Waals surface area contributed by atoms with Crippen LogP contribution in [-0.2, 0) is 19.6 Å². The van der Waals surface area contributed by atoms with Crippen molar-refractivity contribution >= 4 is 16.1 Å². The van der Waals surface area contributed by atoms with Gasteiger partial charge in [0.15, 0.2) is 0 Å². The summed E-state index contributed by atoms with van der Waals surface area (Å²) in [6.07, 6.45) is 0. The monoisotopic (exact) mass is 331 g/mol. The van der Waals surface area contributed by atoms with E-state index in [1.165, 1.54) is 12.1 Å². The first-order valence-electron chi connectivity index (χ1n) is 6.79. The zero-order valence-electron chi connectivity index (χ0n) is 13.7. The van der Waals surface area contributed by atoms with E-state index in [4.69, 9.17) is 15.0 Å². The molecule has 22 heavy (non-hydrogen) atoms. The molecule has 0 unspecified atom stereocenters. The van der Waals surface area contributed by atoms with Crippen molar-refractivity contribution in [1.82, 2.24) is 0 Å². The van der Waals surface area contributed by atoms with E-state index in [-0.39, 0.29) is 16.3 Å². The van der Waals surface area contributed by atoms with Crippen LogP contribution in [0.15, 0.2) is 29.2 Å². The average molecular weight is 331 g/mol. The van der Waals surface area contributed by atoms with Crippen molar-refractivity contribution in [1.29, 1.82) is 0 Å². The van der Waals surface area contributed by atoms with E-state index < -0.39 is 16.2 Å². The van der Waals surface area contributed by atoms with Gasteiger partial charge in [0.2, 0.25) is 0 Å². The molecule has 126 valence electrons. The fourth-order valence-corrected chi connectivity index (χ4v) is 1.61. The van der Waals surface area contributed by atoms with Gasteiger partial charge in [-0.15, -0.1) is 0 Å². The first kappa shape index (κ1) is 20.6. The molecule has 0 aliphatic rings. The molecule has 0 spiro atoms. The molecule has 0 fully saturated rings. The summed E-state index contributed by atoms with van der Waals surface area (Å²) in [6.45, 7) is 9.89. The van der Waals surface area contributed by atoms with Gasteiger partial charge in [-0.2, -0.15) is 8.42 Å². The fourth-order valence-electron chi connectivity index (χ4n) is 1.13. The van der Waals surface area contributed by atoms with Crippen LogP contribution >= 0.6 is 0 Å². The van der Waals surface area contributed by atoms with Gasteiger partial charge in [-0.25, -0.2) is 0 Å². The molecule has 7 heteroatoms. The number of nitrogens with two attached hydrogens (primary N) is 1. The van der Waals surface area contributed by atoms with Crippen LogP contribution in [0.5, 0.6) is 0 Å². The predicted octanol–water partition coefficient (Wildman–Crippen LogP) is 2.16. The summed E-state index contributed by atoms with van der Waals surface area (Å²) in [5, 5.41) is 0. The number of aryl methyl sites for hydroxylation is 1. The quantitative estimate of drug-likeness (QED) is 0.649. The van der Waals surface area contributed by atoms with Gasteiger partial charge < -0.3 is 10.5 Å². The second-order valence-electron chi connectivity index (χ2n) is 6.25. The molecule has 0 radical (unpaired) electrons. The summed E-state index contributed by atoms with van der Waals surface area (Å²) in [5.41, 5.74) is 6.27. The highest BCUT2D eigenvalue weighted by Gasteiger charge is 2.15. The van der Waals surface area contributed by atoms with Crippen molar-refractivity contribution in [2.24, 2.45) is 11.1 Å². The minimum atomic E-state index is -4.02. The van der Waals surface area contributed by atoms with E-state index in [0.29, 0.717) is 6.61 Å². The maximum Gasteiger partial charge on any atom is 0.322 e. The van der Waals surface area contributed by atoms with Gasteiger partial charge in [-0.1, -0.05) is 38.5 Å². The first-order valence-corrected chi connectivity index (χ1v) is 8.23. The average Bonchev–Trinajstić information content (AvgIpc) is 2.35. The van der Waals surface area contributed by atoms with Gasteiger partial charge in [-0.3, -0.25) is 9.35 Å². The smallest absolute Gasteiger partial charge is 0.322 e. The van der Waals surface area contributed by atoms with Gasteiger partial charge in [0.05, 0.1) is 11.5 Å². The lowest BCUT2D eigenvalue weighted by Crippen LogP contribution is -2.31. The lowest BCUT2D eigenvalue weighted by Gasteiger charge is -2.18. The van der Waals surface area contributed by atoms with Gasteiger partial charge in [0.1, 0.15) is 6.04 Å². The second-order valence-corrected chi connectivity index (χ2v) is 7.67. The van der Waals surface area contributed by atoms with Crippen molar-refractivity contribution in [3.05, 3.63) is 29.8 Å².